The number of fused-ring (bicyclic) bond motifs is 1. The number of nitrogens with zero attached hydrogens (tertiary/aromatic N) is 2. The first kappa shape index (κ1) is 15.4. The molecule has 2 heterocycles. The molecule has 1 amide bonds. The van der Waals surface area contributed by atoms with Gasteiger partial charge in [0.05, 0.1) is 17.4 Å². The lowest BCUT2D eigenvalue weighted by atomic mass is 9.90. The molecule has 0 spiro atoms. The molecule has 2 aromatic heterocycles. The first-order valence-corrected chi connectivity index (χ1v) is 8.07. The summed E-state index contributed by atoms with van der Waals surface area (Å²) in [4.78, 5) is 15.9. The van der Waals surface area contributed by atoms with E-state index >= 15 is 0 Å². The lowest BCUT2D eigenvalue weighted by molar-refractivity contribution is -0.111. The average Bonchev–Trinajstić information content (AvgIpc) is 2.89. The van der Waals surface area contributed by atoms with Crippen LogP contribution >= 0.6 is 0 Å². The summed E-state index contributed by atoms with van der Waals surface area (Å²) in [6.45, 7) is 3.46. The van der Waals surface area contributed by atoms with Crippen LogP contribution in [0.15, 0.2) is 31.1 Å². The highest BCUT2D eigenvalue weighted by Gasteiger charge is 2.11. The van der Waals surface area contributed by atoms with Gasteiger partial charge in [-0.05, 0) is 25.0 Å². The molecule has 4 heteroatoms. The van der Waals surface area contributed by atoms with Gasteiger partial charge >= 0.3 is 0 Å². The van der Waals surface area contributed by atoms with E-state index < -0.39 is 0 Å². The van der Waals surface area contributed by atoms with E-state index in [2.05, 4.69) is 28.7 Å². The third kappa shape index (κ3) is 3.45. The van der Waals surface area contributed by atoms with E-state index in [4.69, 9.17) is 0 Å². The standard InChI is InChI=1S/C19H21N3O/c1-3-18(23)21-16-11-17-15(13-22(2)19(17)20-12-16)10-9-14-7-5-4-6-8-14/h3,11-14H,1,4-8H2,2H3,(H,21,23). The van der Waals surface area contributed by atoms with E-state index in [1.54, 1.807) is 6.20 Å². The predicted octanol–water partition coefficient (Wildman–Crippen LogP) is 3.63. The van der Waals surface area contributed by atoms with Gasteiger partial charge in [0.15, 0.2) is 0 Å². The Bertz CT molecular complexity index is 801. The number of hydrogen-bond donors (Lipinski definition) is 1. The third-order valence-corrected chi connectivity index (χ3v) is 4.28. The second-order valence-electron chi connectivity index (χ2n) is 6.05. The quantitative estimate of drug-likeness (QED) is 0.680. The number of carbonyl (C=O) groups is 1. The number of pyridine rings is 1. The van der Waals surface area contributed by atoms with Gasteiger partial charge in [0, 0.05) is 24.5 Å². The van der Waals surface area contributed by atoms with Crippen molar-refractivity contribution in [3.8, 4) is 11.8 Å². The van der Waals surface area contributed by atoms with Gasteiger partial charge < -0.3 is 9.88 Å². The maximum Gasteiger partial charge on any atom is 0.247 e. The Kier molecular flexibility index (Phi) is 4.47. The monoisotopic (exact) mass is 307 g/mol. The molecule has 2 aromatic rings. The minimum absolute atomic E-state index is 0.239. The molecule has 0 aliphatic heterocycles. The van der Waals surface area contributed by atoms with Crippen LogP contribution < -0.4 is 5.32 Å². The Morgan fingerprint density at radius 2 is 2.22 bits per heavy atom. The molecule has 1 fully saturated rings. The number of carbonyl (C=O) groups excluding carboxylic acids is 1. The highest BCUT2D eigenvalue weighted by molar-refractivity contribution is 6.00. The molecule has 0 atom stereocenters. The molecule has 4 nitrogen and oxygen atoms in total. The summed E-state index contributed by atoms with van der Waals surface area (Å²) in [5.74, 6) is 7.02. The van der Waals surface area contributed by atoms with Crippen molar-refractivity contribution in [1.82, 2.24) is 9.55 Å². The van der Waals surface area contributed by atoms with Crippen LogP contribution in [0.1, 0.15) is 37.7 Å². The summed E-state index contributed by atoms with van der Waals surface area (Å²) < 4.78 is 1.97. The van der Waals surface area contributed by atoms with E-state index in [1.165, 1.54) is 38.2 Å². The molecular weight excluding hydrogens is 286 g/mol. The van der Waals surface area contributed by atoms with Gasteiger partial charge in [-0.3, -0.25) is 4.79 Å². The third-order valence-electron chi connectivity index (χ3n) is 4.28. The maximum atomic E-state index is 11.4. The number of hydrogen-bond acceptors (Lipinski definition) is 2. The van der Waals surface area contributed by atoms with E-state index in [1.807, 2.05) is 23.9 Å². The fourth-order valence-electron chi connectivity index (χ4n) is 3.05. The number of amides is 1. The zero-order valence-corrected chi connectivity index (χ0v) is 13.4. The lowest BCUT2D eigenvalue weighted by Gasteiger charge is -2.15. The van der Waals surface area contributed by atoms with Gasteiger partial charge in [0.1, 0.15) is 5.65 Å². The molecule has 0 saturated heterocycles. The second-order valence-corrected chi connectivity index (χ2v) is 6.05. The van der Waals surface area contributed by atoms with Crippen molar-refractivity contribution in [2.45, 2.75) is 32.1 Å². The Labute approximate surface area is 136 Å². The maximum absolute atomic E-state index is 11.4. The van der Waals surface area contributed by atoms with Gasteiger partial charge in [-0.25, -0.2) is 4.98 Å². The number of anilines is 1. The minimum Gasteiger partial charge on any atom is -0.334 e. The SMILES string of the molecule is C=CC(=O)Nc1cnc2c(c1)c(C#CC1CCCCC1)cn2C. The van der Waals surface area contributed by atoms with Crippen LogP contribution in [-0.4, -0.2) is 15.5 Å². The first-order valence-electron chi connectivity index (χ1n) is 8.07. The number of rotatable bonds is 2. The molecule has 0 bridgehead atoms. The molecule has 1 aliphatic rings. The van der Waals surface area contributed by atoms with Crippen molar-refractivity contribution >= 4 is 22.6 Å². The van der Waals surface area contributed by atoms with E-state index in [-0.39, 0.29) is 5.91 Å². The summed E-state index contributed by atoms with van der Waals surface area (Å²) in [5, 5.41) is 3.72. The Morgan fingerprint density at radius 1 is 1.43 bits per heavy atom. The van der Waals surface area contributed by atoms with Crippen LogP contribution in [0.5, 0.6) is 0 Å². The molecule has 1 saturated carbocycles. The zero-order chi connectivity index (χ0) is 16.2. The van der Waals surface area contributed by atoms with Gasteiger partial charge in [-0.2, -0.15) is 0 Å². The lowest BCUT2D eigenvalue weighted by Crippen LogP contribution is -2.07. The van der Waals surface area contributed by atoms with E-state index in [9.17, 15) is 4.79 Å². The molecular formula is C19H21N3O. The summed E-state index contributed by atoms with van der Waals surface area (Å²) in [7, 11) is 1.96. The number of aromatic nitrogens is 2. The van der Waals surface area contributed by atoms with E-state index in [0.29, 0.717) is 11.6 Å². The summed E-state index contributed by atoms with van der Waals surface area (Å²) in [6, 6.07) is 1.93. The number of aryl methyl sites for hydroxylation is 1. The zero-order valence-electron chi connectivity index (χ0n) is 13.4. The molecule has 0 unspecified atom stereocenters. The highest BCUT2D eigenvalue weighted by Crippen LogP contribution is 2.24. The van der Waals surface area contributed by atoms with Gasteiger partial charge in [-0.1, -0.05) is 37.7 Å². The van der Waals surface area contributed by atoms with Crippen molar-refractivity contribution in [1.29, 1.82) is 0 Å². The molecule has 0 radical (unpaired) electrons. The second kappa shape index (κ2) is 6.70. The van der Waals surface area contributed by atoms with Crippen LogP contribution in [0.3, 0.4) is 0 Å². The Balaban J connectivity index is 1.93. The summed E-state index contributed by atoms with van der Waals surface area (Å²) >= 11 is 0. The first-order chi connectivity index (χ1) is 11.2. The minimum atomic E-state index is -0.239. The van der Waals surface area contributed by atoms with Gasteiger partial charge in [0.25, 0.3) is 0 Å². The molecule has 23 heavy (non-hydrogen) atoms. The molecule has 0 aromatic carbocycles. The fourth-order valence-corrected chi connectivity index (χ4v) is 3.05. The highest BCUT2D eigenvalue weighted by atomic mass is 16.1. The number of nitrogens with one attached hydrogen (secondary N) is 1. The van der Waals surface area contributed by atoms with Crippen LogP contribution in [0.25, 0.3) is 11.0 Å². The molecule has 118 valence electrons. The predicted molar refractivity (Wildman–Crippen MR) is 93.0 cm³/mol. The largest absolute Gasteiger partial charge is 0.334 e. The molecule has 3 rings (SSSR count). The van der Waals surface area contributed by atoms with Crippen LogP contribution in [0.2, 0.25) is 0 Å². The van der Waals surface area contributed by atoms with Crippen molar-refractivity contribution in [2.75, 3.05) is 5.32 Å². The Hall–Kier alpha value is -2.54. The molecule has 1 aliphatic carbocycles. The van der Waals surface area contributed by atoms with Crippen molar-refractivity contribution in [3.63, 3.8) is 0 Å². The van der Waals surface area contributed by atoms with Crippen LogP contribution in [-0.2, 0) is 11.8 Å². The van der Waals surface area contributed by atoms with Gasteiger partial charge in [0.2, 0.25) is 5.91 Å². The average molecular weight is 307 g/mol. The smallest absolute Gasteiger partial charge is 0.247 e. The topological polar surface area (TPSA) is 46.9 Å². The summed E-state index contributed by atoms with van der Waals surface area (Å²) in [6.07, 6.45) is 11.2. The van der Waals surface area contributed by atoms with Crippen molar-refractivity contribution in [3.05, 3.63) is 36.7 Å². The normalized spacial score (nSPS) is 15.0. The van der Waals surface area contributed by atoms with Crippen molar-refractivity contribution < 1.29 is 4.79 Å². The fraction of sp³-hybridized carbons (Fsp3) is 0.368. The van der Waals surface area contributed by atoms with E-state index in [0.717, 1.165) is 16.6 Å². The van der Waals surface area contributed by atoms with Crippen LogP contribution in [0.4, 0.5) is 5.69 Å². The van der Waals surface area contributed by atoms with Gasteiger partial charge in [-0.15, -0.1) is 0 Å². The van der Waals surface area contributed by atoms with Crippen molar-refractivity contribution in [2.24, 2.45) is 13.0 Å². The van der Waals surface area contributed by atoms with Crippen LogP contribution in [0, 0.1) is 17.8 Å². The Morgan fingerprint density at radius 3 is 2.96 bits per heavy atom. The summed E-state index contributed by atoms with van der Waals surface area (Å²) in [5.41, 5.74) is 2.50. The molecule has 1 N–H and O–H groups in total.